The van der Waals surface area contributed by atoms with Crippen molar-refractivity contribution in [1.82, 2.24) is 9.80 Å². The van der Waals surface area contributed by atoms with Gasteiger partial charge in [0.1, 0.15) is 5.75 Å². The Morgan fingerprint density at radius 2 is 1.88 bits per heavy atom. The predicted octanol–water partition coefficient (Wildman–Crippen LogP) is 1.40. The van der Waals surface area contributed by atoms with Gasteiger partial charge in [0.05, 0.1) is 12.1 Å². The number of rotatable bonds is 7. The van der Waals surface area contributed by atoms with Gasteiger partial charge in [-0.25, -0.2) is 4.79 Å². The molecule has 0 aliphatic carbocycles. The van der Waals surface area contributed by atoms with Crippen molar-refractivity contribution in [3.05, 3.63) is 23.8 Å². The van der Waals surface area contributed by atoms with Crippen LogP contribution in [0.3, 0.4) is 0 Å². The topological polar surface area (TPSA) is 99.2 Å². The molecule has 2 N–H and O–H groups in total. The minimum atomic E-state index is -0.976. The van der Waals surface area contributed by atoms with Crippen LogP contribution < -0.4 is 10.1 Å². The van der Waals surface area contributed by atoms with Gasteiger partial charge in [-0.2, -0.15) is 0 Å². The van der Waals surface area contributed by atoms with Crippen LogP contribution in [0.2, 0.25) is 0 Å². The normalized spacial score (nSPS) is 10.0. The molecule has 0 aliphatic rings. The van der Waals surface area contributed by atoms with Gasteiger partial charge in [-0.3, -0.25) is 9.59 Å². The number of urea groups is 1. The lowest BCUT2D eigenvalue weighted by Crippen LogP contribution is -2.33. The van der Waals surface area contributed by atoms with E-state index in [-0.39, 0.29) is 25.5 Å². The summed E-state index contributed by atoms with van der Waals surface area (Å²) in [6.07, 6.45) is -0.140. The summed E-state index contributed by atoms with van der Waals surface area (Å²) in [6, 6.07) is 4.74. The lowest BCUT2D eigenvalue weighted by Gasteiger charge is -2.19. The Morgan fingerprint density at radius 3 is 2.46 bits per heavy atom. The number of carboxylic acids is 1. The number of amides is 3. The zero-order valence-electron chi connectivity index (χ0n) is 14.3. The van der Waals surface area contributed by atoms with E-state index in [4.69, 9.17) is 9.84 Å². The van der Waals surface area contributed by atoms with Gasteiger partial charge in [0, 0.05) is 27.7 Å². The van der Waals surface area contributed by atoms with Crippen molar-refractivity contribution >= 4 is 23.6 Å². The fourth-order valence-corrected chi connectivity index (χ4v) is 1.70. The molecule has 8 nitrogen and oxygen atoms in total. The van der Waals surface area contributed by atoms with Crippen molar-refractivity contribution in [3.8, 4) is 5.75 Å². The molecule has 0 fully saturated rings. The van der Waals surface area contributed by atoms with E-state index in [9.17, 15) is 14.4 Å². The van der Waals surface area contributed by atoms with Crippen LogP contribution in [0.5, 0.6) is 5.75 Å². The summed E-state index contributed by atoms with van der Waals surface area (Å²) in [5.74, 6) is -0.797. The molecule has 0 spiro atoms. The average molecular weight is 337 g/mol. The SMILES string of the molecule is Cc1ccc(NC(=O)N(C)CCC(=O)O)c(OCC(=O)N(C)C)c1. The van der Waals surface area contributed by atoms with E-state index in [0.717, 1.165) is 5.56 Å². The molecule has 0 bridgehead atoms. The first kappa shape index (κ1) is 19.3. The molecule has 24 heavy (non-hydrogen) atoms. The minimum absolute atomic E-state index is 0.0856. The molecule has 132 valence electrons. The summed E-state index contributed by atoms with van der Waals surface area (Å²) in [6.45, 7) is 1.81. The summed E-state index contributed by atoms with van der Waals surface area (Å²) in [5, 5.41) is 11.3. The minimum Gasteiger partial charge on any atom is -0.482 e. The van der Waals surface area contributed by atoms with Gasteiger partial charge < -0.3 is 25.0 Å². The van der Waals surface area contributed by atoms with Crippen LogP contribution in [0, 0.1) is 6.92 Å². The molecule has 1 aromatic rings. The summed E-state index contributed by atoms with van der Waals surface area (Å²) in [5.41, 5.74) is 1.33. The van der Waals surface area contributed by atoms with Crippen molar-refractivity contribution in [3.63, 3.8) is 0 Å². The fourth-order valence-electron chi connectivity index (χ4n) is 1.70. The highest BCUT2D eigenvalue weighted by Crippen LogP contribution is 2.26. The first-order chi connectivity index (χ1) is 11.2. The molecular weight excluding hydrogens is 314 g/mol. The molecule has 0 unspecified atom stereocenters. The number of carboxylic acid groups (broad SMARTS) is 1. The summed E-state index contributed by atoms with van der Waals surface area (Å²) >= 11 is 0. The Balaban J connectivity index is 2.78. The Morgan fingerprint density at radius 1 is 1.21 bits per heavy atom. The monoisotopic (exact) mass is 337 g/mol. The van der Waals surface area contributed by atoms with Crippen LogP contribution in [-0.4, -0.2) is 67.1 Å². The quantitative estimate of drug-likeness (QED) is 0.783. The van der Waals surface area contributed by atoms with E-state index >= 15 is 0 Å². The third-order valence-electron chi connectivity index (χ3n) is 3.24. The number of ether oxygens (including phenoxy) is 1. The molecule has 0 aliphatic heterocycles. The van der Waals surface area contributed by atoms with Crippen molar-refractivity contribution in [2.45, 2.75) is 13.3 Å². The number of hydrogen-bond acceptors (Lipinski definition) is 4. The maximum atomic E-state index is 12.1. The number of benzene rings is 1. The van der Waals surface area contributed by atoms with Gasteiger partial charge >= 0.3 is 12.0 Å². The smallest absolute Gasteiger partial charge is 0.321 e. The van der Waals surface area contributed by atoms with E-state index < -0.39 is 12.0 Å². The standard InChI is InChI=1S/C16H23N3O5/c1-11-5-6-12(13(9-11)24-10-14(20)18(2)3)17-16(23)19(4)8-7-15(21)22/h5-6,9H,7-8,10H2,1-4H3,(H,17,23)(H,21,22). The molecule has 0 saturated heterocycles. The van der Waals surface area contributed by atoms with Gasteiger partial charge in [0.25, 0.3) is 5.91 Å². The van der Waals surface area contributed by atoms with Crippen LogP contribution in [0.4, 0.5) is 10.5 Å². The number of likely N-dealkylation sites (N-methyl/N-ethyl adjacent to an activating group) is 1. The summed E-state index contributed by atoms with van der Waals surface area (Å²) in [4.78, 5) is 37.0. The highest BCUT2D eigenvalue weighted by molar-refractivity contribution is 5.91. The number of anilines is 1. The summed E-state index contributed by atoms with van der Waals surface area (Å²) < 4.78 is 5.50. The molecule has 1 rings (SSSR count). The lowest BCUT2D eigenvalue weighted by molar-refractivity contribution is -0.137. The van der Waals surface area contributed by atoms with Crippen LogP contribution in [0.25, 0.3) is 0 Å². The average Bonchev–Trinajstić information content (AvgIpc) is 2.51. The maximum absolute atomic E-state index is 12.1. The third-order valence-corrected chi connectivity index (χ3v) is 3.24. The van der Waals surface area contributed by atoms with E-state index in [0.29, 0.717) is 11.4 Å². The number of carbonyl (C=O) groups is 3. The molecular formula is C16H23N3O5. The largest absolute Gasteiger partial charge is 0.482 e. The highest BCUT2D eigenvalue weighted by atomic mass is 16.5. The number of carbonyl (C=O) groups excluding carboxylic acids is 2. The molecule has 1 aromatic carbocycles. The van der Waals surface area contributed by atoms with Crippen LogP contribution in [0.1, 0.15) is 12.0 Å². The second kappa shape index (κ2) is 8.76. The molecule has 0 radical (unpaired) electrons. The molecule has 0 heterocycles. The Labute approximate surface area is 141 Å². The first-order valence-electron chi connectivity index (χ1n) is 7.38. The van der Waals surface area contributed by atoms with Crippen LogP contribution in [-0.2, 0) is 9.59 Å². The highest BCUT2D eigenvalue weighted by Gasteiger charge is 2.14. The van der Waals surface area contributed by atoms with Gasteiger partial charge in [-0.15, -0.1) is 0 Å². The summed E-state index contributed by atoms with van der Waals surface area (Å²) in [7, 11) is 4.76. The Hall–Kier alpha value is -2.77. The molecule has 0 atom stereocenters. The zero-order valence-corrected chi connectivity index (χ0v) is 14.3. The van der Waals surface area contributed by atoms with E-state index in [1.807, 2.05) is 6.92 Å². The molecule has 0 aromatic heterocycles. The third kappa shape index (κ3) is 6.15. The lowest BCUT2D eigenvalue weighted by atomic mass is 10.2. The first-order valence-corrected chi connectivity index (χ1v) is 7.38. The number of aryl methyl sites for hydroxylation is 1. The van der Waals surface area contributed by atoms with Gasteiger partial charge in [-0.05, 0) is 24.6 Å². The second-order valence-electron chi connectivity index (χ2n) is 5.57. The van der Waals surface area contributed by atoms with E-state index in [2.05, 4.69) is 5.32 Å². The maximum Gasteiger partial charge on any atom is 0.321 e. The number of aliphatic carboxylic acids is 1. The van der Waals surface area contributed by atoms with Crippen molar-refractivity contribution in [2.24, 2.45) is 0 Å². The Bertz CT molecular complexity index is 616. The van der Waals surface area contributed by atoms with Crippen molar-refractivity contribution < 1.29 is 24.2 Å². The fraction of sp³-hybridized carbons (Fsp3) is 0.438. The zero-order chi connectivity index (χ0) is 18.3. The predicted molar refractivity (Wildman–Crippen MR) is 89.3 cm³/mol. The van der Waals surface area contributed by atoms with Crippen LogP contribution in [0.15, 0.2) is 18.2 Å². The number of nitrogens with zero attached hydrogens (tertiary/aromatic N) is 2. The van der Waals surface area contributed by atoms with Gasteiger partial charge in [-0.1, -0.05) is 6.07 Å². The molecule has 0 saturated carbocycles. The molecule has 3 amide bonds. The molecule has 8 heteroatoms. The van der Waals surface area contributed by atoms with Gasteiger partial charge in [0.2, 0.25) is 0 Å². The van der Waals surface area contributed by atoms with Crippen molar-refractivity contribution in [2.75, 3.05) is 39.6 Å². The number of hydrogen-bond donors (Lipinski definition) is 2. The second-order valence-corrected chi connectivity index (χ2v) is 5.57. The van der Waals surface area contributed by atoms with Crippen molar-refractivity contribution in [1.29, 1.82) is 0 Å². The number of nitrogens with one attached hydrogen (secondary N) is 1. The van der Waals surface area contributed by atoms with E-state index in [1.165, 1.54) is 16.8 Å². The van der Waals surface area contributed by atoms with Gasteiger partial charge in [0.15, 0.2) is 6.61 Å². The van der Waals surface area contributed by atoms with Crippen LogP contribution >= 0.6 is 0 Å². The van der Waals surface area contributed by atoms with E-state index in [1.54, 1.807) is 32.3 Å². The Kier molecular flexibility index (Phi) is 7.03.